The van der Waals surface area contributed by atoms with Crippen LogP contribution in [0.15, 0.2) is 24.4 Å². The molecule has 0 N–H and O–H groups in total. The minimum atomic E-state index is 0.165. The maximum atomic E-state index is 6.50. The molecule has 5 nitrogen and oxygen atoms in total. The van der Waals surface area contributed by atoms with Crippen molar-refractivity contribution in [1.82, 2.24) is 14.5 Å². The average Bonchev–Trinajstić information content (AvgIpc) is 2.96. The highest BCUT2D eigenvalue weighted by atomic mass is 35.5. The van der Waals surface area contributed by atoms with Gasteiger partial charge >= 0.3 is 0 Å². The van der Waals surface area contributed by atoms with Crippen LogP contribution in [0.4, 0.5) is 0 Å². The number of methoxy groups -OCH3 is 2. The summed E-state index contributed by atoms with van der Waals surface area (Å²) in [6.45, 7) is 8.97. The van der Waals surface area contributed by atoms with E-state index in [-0.39, 0.29) is 6.04 Å². The van der Waals surface area contributed by atoms with Gasteiger partial charge in [-0.15, -0.1) is 0 Å². The fraction of sp³-hybridized carbons (Fsp3) is 0.429. The average molecular weight is 388 g/mol. The quantitative estimate of drug-likeness (QED) is 0.568. The van der Waals surface area contributed by atoms with Crippen LogP contribution in [-0.4, -0.2) is 35.4 Å². The van der Waals surface area contributed by atoms with Gasteiger partial charge in [-0.2, -0.15) is 0 Å². The SMILES string of the molecule is COC[C@H](C)n1cc(Cl)c2nc(-c3ccc(C(C)C)nc3OC)c(C)cc21. The highest BCUT2D eigenvalue weighted by Gasteiger charge is 2.19. The third kappa shape index (κ3) is 3.66. The molecule has 0 aromatic carbocycles. The standard InChI is InChI=1S/C21H26ClN3O2/c1-12(2)17-8-7-15(21(23-17)27-6)19-13(3)9-18-20(24-19)16(22)10-25(18)14(4)11-26-5/h7-10,12,14H,11H2,1-6H3/t14-/m0/s1. The number of rotatable bonds is 6. The summed E-state index contributed by atoms with van der Waals surface area (Å²) in [5.41, 5.74) is 5.51. The lowest BCUT2D eigenvalue weighted by Crippen LogP contribution is -2.10. The fourth-order valence-corrected chi connectivity index (χ4v) is 3.54. The zero-order valence-electron chi connectivity index (χ0n) is 16.7. The second kappa shape index (κ2) is 7.87. The van der Waals surface area contributed by atoms with Crippen molar-refractivity contribution < 1.29 is 9.47 Å². The molecule has 3 aromatic rings. The number of fused-ring (bicyclic) bond motifs is 1. The molecule has 0 aliphatic heterocycles. The lowest BCUT2D eigenvalue weighted by molar-refractivity contribution is 0.164. The van der Waals surface area contributed by atoms with Crippen LogP contribution in [0.25, 0.3) is 22.3 Å². The molecule has 0 spiro atoms. The van der Waals surface area contributed by atoms with E-state index < -0.39 is 0 Å². The Morgan fingerprint density at radius 1 is 1.15 bits per heavy atom. The van der Waals surface area contributed by atoms with Gasteiger partial charge in [0, 0.05) is 19.0 Å². The molecule has 27 heavy (non-hydrogen) atoms. The highest BCUT2D eigenvalue weighted by Crippen LogP contribution is 2.35. The van der Waals surface area contributed by atoms with Gasteiger partial charge < -0.3 is 14.0 Å². The molecule has 3 rings (SSSR count). The lowest BCUT2D eigenvalue weighted by Gasteiger charge is -2.15. The molecule has 6 heteroatoms. The predicted molar refractivity (Wildman–Crippen MR) is 110 cm³/mol. The first kappa shape index (κ1) is 19.6. The summed E-state index contributed by atoms with van der Waals surface area (Å²) in [7, 11) is 3.34. The Kier molecular flexibility index (Phi) is 5.72. The minimum Gasteiger partial charge on any atom is -0.480 e. The first-order valence-corrected chi connectivity index (χ1v) is 9.47. The van der Waals surface area contributed by atoms with Gasteiger partial charge in [0.15, 0.2) is 0 Å². The van der Waals surface area contributed by atoms with Gasteiger partial charge in [0.05, 0.1) is 41.6 Å². The summed E-state index contributed by atoms with van der Waals surface area (Å²) in [6.07, 6.45) is 1.92. The van der Waals surface area contributed by atoms with E-state index in [2.05, 4.69) is 36.4 Å². The number of hydrogen-bond acceptors (Lipinski definition) is 4. The van der Waals surface area contributed by atoms with Crippen LogP contribution < -0.4 is 4.74 Å². The van der Waals surface area contributed by atoms with Gasteiger partial charge in [-0.25, -0.2) is 9.97 Å². The van der Waals surface area contributed by atoms with Crippen LogP contribution >= 0.6 is 11.6 Å². The van der Waals surface area contributed by atoms with Crippen molar-refractivity contribution in [2.75, 3.05) is 20.8 Å². The first-order chi connectivity index (χ1) is 12.9. The van der Waals surface area contributed by atoms with Crippen LogP contribution in [0.5, 0.6) is 5.88 Å². The fourth-order valence-electron chi connectivity index (χ4n) is 3.30. The van der Waals surface area contributed by atoms with Crippen LogP contribution in [0.1, 0.15) is 44.0 Å². The Balaban J connectivity index is 2.17. The summed E-state index contributed by atoms with van der Waals surface area (Å²) in [4.78, 5) is 9.53. The Labute approximate surface area is 165 Å². The largest absolute Gasteiger partial charge is 0.480 e. The summed E-state index contributed by atoms with van der Waals surface area (Å²) in [5.74, 6) is 0.912. The molecule has 0 aliphatic rings. The molecule has 0 amide bonds. The predicted octanol–water partition coefficient (Wildman–Crippen LogP) is 5.40. The first-order valence-electron chi connectivity index (χ1n) is 9.09. The number of hydrogen-bond donors (Lipinski definition) is 0. The normalized spacial score (nSPS) is 12.7. The molecule has 0 saturated heterocycles. The van der Waals surface area contributed by atoms with Crippen LogP contribution in [0.3, 0.4) is 0 Å². The number of ether oxygens (including phenoxy) is 2. The molecule has 144 valence electrons. The van der Waals surface area contributed by atoms with E-state index in [0.717, 1.165) is 33.5 Å². The monoisotopic (exact) mass is 387 g/mol. The summed E-state index contributed by atoms with van der Waals surface area (Å²) in [6, 6.07) is 6.34. The zero-order valence-corrected chi connectivity index (χ0v) is 17.5. The Morgan fingerprint density at radius 2 is 1.89 bits per heavy atom. The molecular weight excluding hydrogens is 362 g/mol. The van der Waals surface area contributed by atoms with Crippen molar-refractivity contribution >= 4 is 22.6 Å². The van der Waals surface area contributed by atoms with Crippen molar-refractivity contribution in [1.29, 1.82) is 0 Å². The molecule has 1 atom stereocenters. The minimum absolute atomic E-state index is 0.165. The van der Waals surface area contributed by atoms with Gasteiger partial charge in [-0.1, -0.05) is 25.4 Å². The van der Waals surface area contributed by atoms with Gasteiger partial charge in [0.25, 0.3) is 0 Å². The van der Waals surface area contributed by atoms with E-state index in [1.54, 1.807) is 14.2 Å². The third-order valence-electron chi connectivity index (χ3n) is 4.75. The second-order valence-corrected chi connectivity index (χ2v) is 7.57. The van der Waals surface area contributed by atoms with Gasteiger partial charge in [0.1, 0.15) is 5.52 Å². The molecular formula is C21H26ClN3O2. The molecule has 3 heterocycles. The third-order valence-corrected chi connectivity index (χ3v) is 5.03. The Morgan fingerprint density at radius 3 is 2.52 bits per heavy atom. The molecule has 0 saturated carbocycles. The van der Waals surface area contributed by atoms with Crippen LogP contribution in [0, 0.1) is 6.92 Å². The van der Waals surface area contributed by atoms with E-state index in [4.69, 9.17) is 26.1 Å². The highest BCUT2D eigenvalue weighted by molar-refractivity contribution is 6.35. The van der Waals surface area contributed by atoms with Crippen LogP contribution in [0.2, 0.25) is 5.02 Å². The van der Waals surface area contributed by atoms with E-state index in [9.17, 15) is 0 Å². The van der Waals surface area contributed by atoms with E-state index in [0.29, 0.717) is 23.4 Å². The van der Waals surface area contributed by atoms with Gasteiger partial charge in [-0.3, -0.25) is 0 Å². The number of aromatic nitrogens is 3. The molecule has 0 fully saturated rings. The van der Waals surface area contributed by atoms with E-state index in [1.165, 1.54) is 0 Å². The molecule has 0 bridgehead atoms. The van der Waals surface area contributed by atoms with Crippen molar-refractivity contribution in [3.63, 3.8) is 0 Å². The van der Waals surface area contributed by atoms with Gasteiger partial charge in [-0.05, 0) is 43.5 Å². The maximum absolute atomic E-state index is 6.50. The number of nitrogens with zero attached hydrogens (tertiary/aromatic N) is 3. The molecule has 0 aliphatic carbocycles. The number of halogens is 1. The maximum Gasteiger partial charge on any atom is 0.222 e. The summed E-state index contributed by atoms with van der Waals surface area (Å²) >= 11 is 6.50. The van der Waals surface area contributed by atoms with Crippen molar-refractivity contribution in [2.24, 2.45) is 0 Å². The topological polar surface area (TPSA) is 49.2 Å². The van der Waals surface area contributed by atoms with E-state index in [1.807, 2.05) is 25.3 Å². The Bertz CT molecular complexity index is 966. The van der Waals surface area contributed by atoms with Crippen molar-refractivity contribution in [3.8, 4) is 17.1 Å². The summed E-state index contributed by atoms with van der Waals surface area (Å²) in [5, 5.41) is 0.625. The lowest BCUT2D eigenvalue weighted by atomic mass is 10.0. The zero-order chi connectivity index (χ0) is 19.7. The van der Waals surface area contributed by atoms with Crippen LogP contribution in [-0.2, 0) is 4.74 Å². The number of aryl methyl sites for hydroxylation is 1. The van der Waals surface area contributed by atoms with Crippen molar-refractivity contribution in [3.05, 3.63) is 40.7 Å². The number of pyridine rings is 2. The van der Waals surface area contributed by atoms with Gasteiger partial charge in [0.2, 0.25) is 5.88 Å². The molecule has 0 unspecified atom stereocenters. The molecule has 0 radical (unpaired) electrons. The Hall–Kier alpha value is -2.11. The molecule has 3 aromatic heterocycles. The second-order valence-electron chi connectivity index (χ2n) is 7.16. The van der Waals surface area contributed by atoms with Crippen molar-refractivity contribution in [2.45, 2.75) is 39.7 Å². The van der Waals surface area contributed by atoms with E-state index >= 15 is 0 Å². The smallest absolute Gasteiger partial charge is 0.222 e. The summed E-state index contributed by atoms with van der Waals surface area (Å²) < 4.78 is 13.0.